The Hall–Kier alpha value is -0.533. The van der Waals surface area contributed by atoms with Crippen LogP contribution < -0.4 is 0 Å². The first kappa shape index (κ1) is 9.55. The predicted molar refractivity (Wildman–Crippen MR) is 59.1 cm³/mol. The van der Waals surface area contributed by atoms with Crippen molar-refractivity contribution in [1.82, 2.24) is 0 Å². The van der Waals surface area contributed by atoms with E-state index in [4.69, 9.17) is 11.1 Å². The Balaban J connectivity index is 2.79. The maximum Gasteiger partial charge on any atom is 0.142 e. The van der Waals surface area contributed by atoms with Crippen LogP contribution in [-0.4, -0.2) is 8.11 Å². The summed E-state index contributed by atoms with van der Waals surface area (Å²) in [5.74, 6) is 0. The first-order valence-electron chi connectivity index (χ1n) is 4.08. The van der Waals surface area contributed by atoms with Gasteiger partial charge < -0.3 is 0 Å². The van der Waals surface area contributed by atoms with Crippen molar-refractivity contribution >= 4 is 25.3 Å². The van der Waals surface area contributed by atoms with Crippen LogP contribution in [0.5, 0.6) is 0 Å². The van der Waals surface area contributed by atoms with Gasteiger partial charge in [0.1, 0.15) is 8.11 Å². The number of halogens is 1. The minimum atomic E-state index is -0.991. The van der Waals surface area contributed by atoms with Crippen LogP contribution in [0.2, 0.25) is 6.55 Å². The molecule has 0 saturated heterocycles. The summed E-state index contributed by atoms with van der Waals surface area (Å²) in [6, 6.07) is 9.44. The SMILES string of the molecule is C=Cc1cccc(C[SiH](C)Cl)c1. The Bertz CT molecular complexity index is 268. The molecular formula is C10H13ClSi. The Morgan fingerprint density at radius 2 is 2.33 bits per heavy atom. The summed E-state index contributed by atoms with van der Waals surface area (Å²) in [5.41, 5.74) is 2.51. The summed E-state index contributed by atoms with van der Waals surface area (Å²) in [4.78, 5) is 0. The van der Waals surface area contributed by atoms with E-state index in [1.54, 1.807) is 0 Å². The summed E-state index contributed by atoms with van der Waals surface area (Å²) < 4.78 is 0. The first-order valence-corrected chi connectivity index (χ1v) is 7.79. The molecule has 1 aromatic rings. The van der Waals surface area contributed by atoms with E-state index in [-0.39, 0.29) is 0 Å². The molecule has 12 heavy (non-hydrogen) atoms. The van der Waals surface area contributed by atoms with E-state index in [9.17, 15) is 0 Å². The van der Waals surface area contributed by atoms with Gasteiger partial charge in [0.05, 0.1) is 0 Å². The van der Waals surface area contributed by atoms with Gasteiger partial charge in [-0.15, -0.1) is 0 Å². The maximum absolute atomic E-state index is 6.02. The van der Waals surface area contributed by atoms with Gasteiger partial charge in [0.25, 0.3) is 0 Å². The number of benzene rings is 1. The second-order valence-electron chi connectivity index (χ2n) is 2.93. The van der Waals surface area contributed by atoms with Gasteiger partial charge in [-0.25, -0.2) is 0 Å². The lowest BCUT2D eigenvalue weighted by Crippen LogP contribution is -2.02. The fourth-order valence-corrected chi connectivity index (χ4v) is 2.61. The lowest BCUT2D eigenvalue weighted by atomic mass is 10.1. The summed E-state index contributed by atoms with van der Waals surface area (Å²) >= 11 is 6.02. The van der Waals surface area contributed by atoms with E-state index in [1.165, 1.54) is 11.1 Å². The van der Waals surface area contributed by atoms with E-state index in [1.807, 2.05) is 6.08 Å². The first-order chi connectivity index (χ1) is 5.72. The summed E-state index contributed by atoms with van der Waals surface area (Å²) in [7, 11) is -0.991. The van der Waals surface area contributed by atoms with Crippen molar-refractivity contribution in [2.24, 2.45) is 0 Å². The monoisotopic (exact) mass is 196 g/mol. The topological polar surface area (TPSA) is 0 Å². The third-order valence-electron chi connectivity index (χ3n) is 1.70. The van der Waals surface area contributed by atoms with E-state index >= 15 is 0 Å². The molecule has 0 aromatic heterocycles. The van der Waals surface area contributed by atoms with E-state index in [0.717, 1.165) is 6.04 Å². The molecule has 0 radical (unpaired) electrons. The highest BCUT2D eigenvalue weighted by Crippen LogP contribution is 2.09. The fourth-order valence-electron chi connectivity index (χ4n) is 1.17. The molecule has 0 fully saturated rings. The van der Waals surface area contributed by atoms with Crippen LogP contribution in [0.3, 0.4) is 0 Å². The molecule has 0 N–H and O–H groups in total. The number of hydrogen-bond acceptors (Lipinski definition) is 0. The Morgan fingerprint density at radius 1 is 1.58 bits per heavy atom. The molecule has 2 heteroatoms. The second kappa shape index (κ2) is 4.48. The summed E-state index contributed by atoms with van der Waals surface area (Å²) in [6.07, 6.45) is 1.87. The number of hydrogen-bond donors (Lipinski definition) is 0. The minimum absolute atomic E-state index is 0.991. The molecular weight excluding hydrogens is 184 g/mol. The third kappa shape index (κ3) is 2.84. The van der Waals surface area contributed by atoms with Crippen LogP contribution in [0.1, 0.15) is 11.1 Å². The highest BCUT2D eigenvalue weighted by molar-refractivity contribution is 7.05. The van der Waals surface area contributed by atoms with Crippen molar-refractivity contribution in [2.45, 2.75) is 12.6 Å². The highest BCUT2D eigenvalue weighted by Gasteiger charge is 2.00. The minimum Gasteiger partial charge on any atom is -0.172 e. The van der Waals surface area contributed by atoms with Crippen molar-refractivity contribution in [3.63, 3.8) is 0 Å². The van der Waals surface area contributed by atoms with E-state index in [2.05, 4.69) is 37.4 Å². The molecule has 0 nitrogen and oxygen atoms in total. The van der Waals surface area contributed by atoms with Gasteiger partial charge in [-0.3, -0.25) is 0 Å². The fraction of sp³-hybridized carbons (Fsp3) is 0.200. The lowest BCUT2D eigenvalue weighted by molar-refractivity contribution is 1.37. The number of rotatable bonds is 3. The normalized spacial score (nSPS) is 12.5. The Morgan fingerprint density at radius 3 is 2.92 bits per heavy atom. The van der Waals surface area contributed by atoms with Crippen molar-refractivity contribution in [3.05, 3.63) is 42.0 Å². The molecule has 1 aromatic carbocycles. The highest BCUT2D eigenvalue weighted by atomic mass is 35.6. The second-order valence-corrected chi connectivity index (χ2v) is 7.14. The van der Waals surface area contributed by atoms with Crippen LogP contribution in [0, 0.1) is 0 Å². The van der Waals surface area contributed by atoms with Crippen LogP contribution in [0.4, 0.5) is 0 Å². The summed E-state index contributed by atoms with van der Waals surface area (Å²) in [5, 5.41) is 0. The average Bonchev–Trinajstić information content (AvgIpc) is 2.03. The molecule has 64 valence electrons. The smallest absolute Gasteiger partial charge is 0.142 e. The molecule has 0 aliphatic heterocycles. The van der Waals surface area contributed by atoms with Gasteiger partial charge in [0.15, 0.2) is 0 Å². The molecule has 0 saturated carbocycles. The molecule has 0 aliphatic carbocycles. The molecule has 0 spiro atoms. The third-order valence-corrected chi connectivity index (χ3v) is 3.20. The van der Waals surface area contributed by atoms with Crippen LogP contribution in [0.15, 0.2) is 30.8 Å². The largest absolute Gasteiger partial charge is 0.172 e. The molecule has 0 heterocycles. The van der Waals surface area contributed by atoms with Crippen molar-refractivity contribution in [1.29, 1.82) is 0 Å². The maximum atomic E-state index is 6.02. The van der Waals surface area contributed by atoms with Crippen LogP contribution in [-0.2, 0) is 6.04 Å². The van der Waals surface area contributed by atoms with E-state index < -0.39 is 8.11 Å². The quantitative estimate of drug-likeness (QED) is 0.515. The van der Waals surface area contributed by atoms with E-state index in [0.29, 0.717) is 0 Å². The zero-order valence-electron chi connectivity index (χ0n) is 7.26. The van der Waals surface area contributed by atoms with Crippen molar-refractivity contribution in [2.75, 3.05) is 0 Å². The van der Waals surface area contributed by atoms with Crippen LogP contribution >= 0.6 is 11.1 Å². The molecule has 0 bridgehead atoms. The average molecular weight is 197 g/mol. The van der Waals surface area contributed by atoms with Crippen molar-refractivity contribution in [3.8, 4) is 0 Å². The van der Waals surface area contributed by atoms with Gasteiger partial charge in [-0.1, -0.05) is 43.5 Å². The zero-order chi connectivity index (χ0) is 8.97. The van der Waals surface area contributed by atoms with Gasteiger partial charge >= 0.3 is 0 Å². The van der Waals surface area contributed by atoms with Gasteiger partial charge in [-0.05, 0) is 17.2 Å². The summed E-state index contributed by atoms with van der Waals surface area (Å²) in [6.45, 7) is 5.87. The molecule has 1 rings (SSSR count). The van der Waals surface area contributed by atoms with Gasteiger partial charge in [0, 0.05) is 0 Å². The zero-order valence-corrected chi connectivity index (χ0v) is 9.17. The molecule has 1 unspecified atom stereocenters. The molecule has 1 atom stereocenters. The Kier molecular flexibility index (Phi) is 3.57. The predicted octanol–water partition coefficient (Wildman–Crippen LogP) is 3.00. The molecule has 0 aliphatic rings. The van der Waals surface area contributed by atoms with Crippen LogP contribution in [0.25, 0.3) is 6.08 Å². The van der Waals surface area contributed by atoms with Gasteiger partial charge in [0.2, 0.25) is 0 Å². The standard InChI is InChI=1S/C10H13ClSi/c1-3-9-5-4-6-10(7-9)8-12(2)11/h3-7,12H,1,8H2,2H3. The lowest BCUT2D eigenvalue weighted by Gasteiger charge is -2.02. The van der Waals surface area contributed by atoms with Gasteiger partial charge in [-0.2, -0.15) is 11.1 Å². The molecule has 0 amide bonds. The van der Waals surface area contributed by atoms with Crippen molar-refractivity contribution < 1.29 is 0 Å². The Labute approximate surface area is 80.2 Å².